The number of benzene rings is 6. The Morgan fingerprint density at radius 1 is 0.521 bits per heavy atom. The average Bonchev–Trinajstić information content (AvgIpc) is 3.93. The number of nitrogens with zero attached hydrogens (tertiary/aromatic N) is 7. The molecule has 0 bridgehead atoms. The Hall–Kier alpha value is -6.91. The van der Waals surface area contributed by atoms with Crippen LogP contribution in [0, 0.1) is 0 Å². The third-order valence-electron chi connectivity index (χ3n) is 13.0. The molecule has 8 rings (SSSR count). The van der Waals surface area contributed by atoms with Crippen LogP contribution < -0.4 is 20.0 Å². The predicted octanol–water partition coefficient (Wildman–Crippen LogP) is 14.3. The molecule has 1 amide bonds. The van der Waals surface area contributed by atoms with Gasteiger partial charge in [0.25, 0.3) is 11.1 Å². The molecule has 0 spiro atoms. The minimum absolute atomic E-state index is 0.00119. The molecule has 71 heavy (non-hydrogen) atoms. The zero-order chi connectivity index (χ0) is 51.7. The number of nitrogens with one attached hydrogen (secondary N) is 1. The van der Waals surface area contributed by atoms with Gasteiger partial charge >= 0.3 is 0 Å². The van der Waals surface area contributed by atoms with E-state index in [1.54, 1.807) is 10.9 Å². The lowest BCUT2D eigenvalue weighted by Crippen LogP contribution is -2.31. The molecule has 0 aliphatic heterocycles. The molecule has 0 saturated heterocycles. The van der Waals surface area contributed by atoms with Gasteiger partial charge in [-0.05, 0) is 129 Å². The number of aryl methyl sites for hydroxylation is 2. The molecule has 0 saturated carbocycles. The third kappa shape index (κ3) is 13.1. The number of amides is 1. The number of aromatic nitrogens is 4. The molecule has 0 fully saturated rings. The number of hydrogen-bond donors (Lipinski definition) is 1. The van der Waals surface area contributed by atoms with Crippen molar-refractivity contribution in [2.24, 2.45) is 14.1 Å². The highest BCUT2D eigenvalue weighted by molar-refractivity contribution is 6.68. The molecule has 0 aliphatic rings. The number of anilines is 4. The number of halogens is 1. The summed E-state index contributed by atoms with van der Waals surface area (Å²) in [6, 6.07) is 42.2. The quantitative estimate of drug-likeness (QED) is 0.109. The summed E-state index contributed by atoms with van der Waals surface area (Å²) in [5.41, 5.74) is 14.7. The number of fused-ring (bicyclic) bond motifs is 2. The van der Waals surface area contributed by atoms with E-state index < -0.39 is 5.24 Å². The Bertz CT molecular complexity index is 2970. The van der Waals surface area contributed by atoms with Crippen LogP contribution in [-0.2, 0) is 27.2 Å². The van der Waals surface area contributed by atoms with E-state index in [9.17, 15) is 9.59 Å². The molecule has 0 unspecified atom stereocenters. The normalized spacial score (nSPS) is 11.2. The Labute approximate surface area is 427 Å². The van der Waals surface area contributed by atoms with Crippen LogP contribution in [0.3, 0.4) is 0 Å². The minimum Gasteiger partial charge on any atom is -0.381 e. The highest BCUT2D eigenvalue weighted by Crippen LogP contribution is 2.33. The van der Waals surface area contributed by atoms with Gasteiger partial charge in [-0.2, -0.15) is 10.2 Å². The smallest absolute Gasteiger partial charge is 0.259 e. The fourth-order valence-electron chi connectivity index (χ4n) is 8.55. The van der Waals surface area contributed by atoms with Gasteiger partial charge in [0.05, 0.1) is 35.5 Å². The van der Waals surface area contributed by atoms with Crippen molar-refractivity contribution >= 4 is 67.3 Å². The minimum atomic E-state index is -0.415. The van der Waals surface area contributed by atoms with Gasteiger partial charge in [-0.15, -0.1) is 0 Å². The summed E-state index contributed by atoms with van der Waals surface area (Å²) in [5, 5.41) is 13.4. The van der Waals surface area contributed by atoms with Crippen molar-refractivity contribution in [3.8, 4) is 0 Å². The molecule has 2 aromatic heterocycles. The maximum atomic E-state index is 14.4. The van der Waals surface area contributed by atoms with Crippen LogP contribution in [0.2, 0.25) is 0 Å². The number of rotatable bonds is 14. The average molecular weight is 974 g/mol. The first kappa shape index (κ1) is 53.4. The van der Waals surface area contributed by atoms with E-state index in [2.05, 4.69) is 190 Å². The second kappa shape index (κ2) is 23.8. The summed E-state index contributed by atoms with van der Waals surface area (Å²) in [4.78, 5) is 32.0. The van der Waals surface area contributed by atoms with Crippen LogP contribution in [-0.4, -0.2) is 58.9 Å². The molecule has 2 heterocycles. The van der Waals surface area contributed by atoms with Gasteiger partial charge in [0, 0.05) is 87.9 Å². The van der Waals surface area contributed by atoms with Gasteiger partial charge in [-0.1, -0.05) is 116 Å². The summed E-state index contributed by atoms with van der Waals surface area (Å²) >= 11 is 5.66. The standard InChI is InChI=1S/C30H36N4O.C18H24N2.C12H13ClN2O/c1-20(2)23-10-14-25(15-11-23)34(19-22-8-12-24(13-9-22)32(5)6)30(35)29-26(21(3)4)16-17-28-27(29)18-31-33(28)7;1-14(2)16-7-9-17(10-8-16)19-13-15-5-11-18(12-6-15)20(3)4;1-7(2)8-4-5-10-9(6-14-15(10)3)11(8)12(13)16/h8-18,20-21H,19H2,1-7H3;5-12,14,19H,13H2,1-4H3;4-7H,1-3H3. The van der Waals surface area contributed by atoms with Crippen LogP contribution >= 0.6 is 11.6 Å². The number of carbonyl (C=O) groups excluding carboxylic acids is 2. The van der Waals surface area contributed by atoms with Gasteiger partial charge < -0.3 is 20.0 Å². The summed E-state index contributed by atoms with van der Waals surface area (Å²) in [6.45, 7) is 18.5. The highest BCUT2D eigenvalue weighted by Gasteiger charge is 2.26. The van der Waals surface area contributed by atoms with Crippen LogP contribution in [0.4, 0.5) is 22.7 Å². The number of carbonyl (C=O) groups is 2. The first-order valence-electron chi connectivity index (χ1n) is 24.6. The molecular formula is C60H73ClN8O2. The molecule has 6 aromatic carbocycles. The van der Waals surface area contributed by atoms with Gasteiger partial charge in [-0.25, -0.2) is 0 Å². The van der Waals surface area contributed by atoms with Crippen molar-refractivity contribution < 1.29 is 9.59 Å². The first-order valence-corrected chi connectivity index (χ1v) is 25.0. The molecule has 1 N–H and O–H groups in total. The van der Waals surface area contributed by atoms with Gasteiger partial charge in [0.15, 0.2) is 0 Å². The second-order valence-corrected chi connectivity index (χ2v) is 20.3. The Kier molecular flexibility index (Phi) is 17.9. The van der Waals surface area contributed by atoms with E-state index in [4.69, 9.17) is 11.6 Å². The third-order valence-corrected chi connectivity index (χ3v) is 13.2. The first-order chi connectivity index (χ1) is 33.7. The van der Waals surface area contributed by atoms with Crippen LogP contribution in [0.25, 0.3) is 21.8 Å². The molecule has 10 nitrogen and oxygen atoms in total. The van der Waals surface area contributed by atoms with Crippen molar-refractivity contribution in [2.45, 2.75) is 92.2 Å². The summed E-state index contributed by atoms with van der Waals surface area (Å²) in [6.07, 6.45) is 3.51. The predicted molar refractivity (Wildman–Crippen MR) is 300 cm³/mol. The molecule has 8 aromatic rings. The Morgan fingerprint density at radius 2 is 0.930 bits per heavy atom. The zero-order valence-corrected chi connectivity index (χ0v) is 45.0. The van der Waals surface area contributed by atoms with E-state index in [1.807, 2.05) is 69.9 Å². The monoisotopic (exact) mass is 973 g/mol. The van der Waals surface area contributed by atoms with E-state index >= 15 is 0 Å². The topological polar surface area (TPSA) is 91.5 Å². The molecule has 0 radical (unpaired) electrons. The van der Waals surface area contributed by atoms with Crippen molar-refractivity contribution in [3.05, 3.63) is 178 Å². The Balaban J connectivity index is 0.000000193. The summed E-state index contributed by atoms with van der Waals surface area (Å²) in [7, 11) is 11.9. The molecule has 0 aliphatic carbocycles. The maximum absolute atomic E-state index is 14.4. The maximum Gasteiger partial charge on any atom is 0.259 e. The Morgan fingerprint density at radius 3 is 1.35 bits per heavy atom. The van der Waals surface area contributed by atoms with E-state index in [0.29, 0.717) is 23.9 Å². The van der Waals surface area contributed by atoms with E-state index in [-0.39, 0.29) is 17.7 Å². The lowest BCUT2D eigenvalue weighted by atomic mass is 9.93. The SMILES string of the molecule is CC(C)c1ccc(N(Cc2ccc(N(C)C)cc2)C(=O)c2c(C(C)C)ccc3c2cnn3C)cc1.CC(C)c1ccc(NCc2ccc(N(C)C)cc2)cc1.CC(C)c1ccc2c(cnn2C)c1C(=O)Cl. The summed E-state index contributed by atoms with van der Waals surface area (Å²) < 4.78 is 3.57. The lowest BCUT2D eigenvalue weighted by molar-refractivity contribution is 0.0985. The van der Waals surface area contributed by atoms with E-state index in [0.717, 1.165) is 62.0 Å². The van der Waals surface area contributed by atoms with Crippen molar-refractivity contribution in [3.63, 3.8) is 0 Å². The number of hydrogen-bond acceptors (Lipinski definition) is 7. The molecular weight excluding hydrogens is 900 g/mol. The second-order valence-electron chi connectivity index (χ2n) is 19.9. The van der Waals surface area contributed by atoms with E-state index in [1.165, 1.54) is 28.1 Å². The van der Waals surface area contributed by atoms with Gasteiger partial charge in [-0.3, -0.25) is 19.0 Å². The highest BCUT2D eigenvalue weighted by atomic mass is 35.5. The van der Waals surface area contributed by atoms with Gasteiger partial charge in [0.1, 0.15) is 0 Å². The van der Waals surface area contributed by atoms with Gasteiger partial charge in [0.2, 0.25) is 0 Å². The molecule has 0 atom stereocenters. The molecule has 372 valence electrons. The summed E-state index contributed by atoms with van der Waals surface area (Å²) in [5.74, 6) is 1.50. The van der Waals surface area contributed by atoms with Crippen molar-refractivity contribution in [1.29, 1.82) is 0 Å². The van der Waals surface area contributed by atoms with Crippen LogP contribution in [0.15, 0.2) is 134 Å². The molecule has 11 heteroatoms. The fraction of sp³-hybridized carbons (Fsp3) is 0.333. The van der Waals surface area contributed by atoms with Crippen LogP contribution in [0.5, 0.6) is 0 Å². The largest absolute Gasteiger partial charge is 0.381 e. The van der Waals surface area contributed by atoms with Crippen LogP contribution in [0.1, 0.15) is 133 Å². The zero-order valence-electron chi connectivity index (χ0n) is 44.3. The van der Waals surface area contributed by atoms with Crippen molar-refractivity contribution in [1.82, 2.24) is 19.6 Å². The lowest BCUT2D eigenvalue weighted by Gasteiger charge is -2.26. The van der Waals surface area contributed by atoms with Crippen molar-refractivity contribution in [2.75, 3.05) is 48.2 Å². The fourth-order valence-corrected chi connectivity index (χ4v) is 8.76.